The van der Waals surface area contributed by atoms with Gasteiger partial charge in [-0.25, -0.2) is 18.7 Å². The number of aliphatic hydroxyl groups excluding tert-OH is 1. The summed E-state index contributed by atoms with van der Waals surface area (Å²) in [6, 6.07) is 3.01. The second kappa shape index (κ2) is 8.10. The number of fused-ring (bicyclic) bond motifs is 1. The Balaban J connectivity index is 1.38. The Morgan fingerprint density at radius 3 is 2.94 bits per heavy atom. The summed E-state index contributed by atoms with van der Waals surface area (Å²) in [6.45, 7) is 0.773. The number of aliphatic hydroxyl groups is 1. The van der Waals surface area contributed by atoms with E-state index in [4.69, 9.17) is 4.74 Å². The van der Waals surface area contributed by atoms with Crippen LogP contribution in [0.25, 0.3) is 5.65 Å². The van der Waals surface area contributed by atoms with Gasteiger partial charge in [0.1, 0.15) is 11.6 Å². The molecule has 3 aromatic heterocycles. The first-order valence-corrected chi connectivity index (χ1v) is 10.5. The van der Waals surface area contributed by atoms with Gasteiger partial charge in [0.25, 0.3) is 0 Å². The fourth-order valence-electron chi connectivity index (χ4n) is 4.46. The highest BCUT2D eigenvalue weighted by Crippen LogP contribution is 2.35. The maximum absolute atomic E-state index is 13.7. The third-order valence-electron chi connectivity index (χ3n) is 5.97. The van der Waals surface area contributed by atoms with E-state index in [-0.39, 0.29) is 23.7 Å². The molecule has 10 heteroatoms. The van der Waals surface area contributed by atoms with Crippen LogP contribution < -0.4 is 15.0 Å². The molecule has 3 atom stereocenters. The van der Waals surface area contributed by atoms with E-state index in [1.165, 1.54) is 23.0 Å². The van der Waals surface area contributed by atoms with Crippen LogP contribution >= 0.6 is 0 Å². The van der Waals surface area contributed by atoms with Crippen molar-refractivity contribution in [2.45, 2.75) is 50.3 Å². The number of anilines is 1. The smallest absolute Gasteiger partial charge is 0.405 e. The van der Waals surface area contributed by atoms with Gasteiger partial charge in [-0.1, -0.05) is 0 Å². The minimum Gasteiger partial charge on any atom is -0.405 e. The van der Waals surface area contributed by atoms with Crippen molar-refractivity contribution < 1.29 is 19.0 Å². The standard InChI is InChI=1S/C21H23FN6O3/c22-14-9-13(10-23-11-14)16-4-2-7-27(16)19-6-8-28-20(26-19)18(12-24-28)31-21(30)25-15-3-1-5-17(15)29/h6,8-12,15-17,29H,1-5,7H2,(H,25,30)/t15-,16-,17-/m1/s1. The largest absolute Gasteiger partial charge is 0.413 e. The minimum atomic E-state index is -0.641. The summed E-state index contributed by atoms with van der Waals surface area (Å²) in [5, 5.41) is 16.8. The fraction of sp³-hybridized carbons (Fsp3) is 0.429. The van der Waals surface area contributed by atoms with Gasteiger partial charge >= 0.3 is 6.09 Å². The van der Waals surface area contributed by atoms with E-state index in [0.717, 1.165) is 37.8 Å². The molecular formula is C21H23FN6O3. The van der Waals surface area contributed by atoms with Gasteiger partial charge in [0, 0.05) is 18.9 Å². The summed E-state index contributed by atoms with van der Waals surface area (Å²) in [7, 11) is 0. The van der Waals surface area contributed by atoms with Crippen LogP contribution in [0.1, 0.15) is 43.7 Å². The number of carbonyl (C=O) groups excluding carboxylic acids is 1. The number of ether oxygens (including phenoxy) is 1. The van der Waals surface area contributed by atoms with Crippen LogP contribution in [0.15, 0.2) is 36.9 Å². The molecule has 9 nitrogen and oxygen atoms in total. The quantitative estimate of drug-likeness (QED) is 0.661. The third-order valence-corrected chi connectivity index (χ3v) is 5.97. The average Bonchev–Trinajstić information content (AvgIpc) is 3.49. The Hall–Kier alpha value is -3.27. The molecule has 1 aliphatic carbocycles. The van der Waals surface area contributed by atoms with Crippen LogP contribution in [-0.2, 0) is 0 Å². The van der Waals surface area contributed by atoms with Crippen molar-refractivity contribution in [3.8, 4) is 5.75 Å². The number of amides is 1. The first kappa shape index (κ1) is 19.7. The third kappa shape index (κ3) is 3.90. The summed E-state index contributed by atoms with van der Waals surface area (Å²) in [5.74, 6) is 0.559. The summed E-state index contributed by atoms with van der Waals surface area (Å²) < 4.78 is 20.7. The lowest BCUT2D eigenvalue weighted by Crippen LogP contribution is -2.41. The van der Waals surface area contributed by atoms with Crippen molar-refractivity contribution in [3.63, 3.8) is 0 Å². The molecule has 3 aromatic rings. The molecule has 1 amide bonds. The average molecular weight is 426 g/mol. The van der Waals surface area contributed by atoms with E-state index < -0.39 is 12.2 Å². The lowest BCUT2D eigenvalue weighted by molar-refractivity contribution is 0.140. The topological polar surface area (TPSA) is 105 Å². The lowest BCUT2D eigenvalue weighted by Gasteiger charge is -2.26. The van der Waals surface area contributed by atoms with Crippen molar-refractivity contribution in [2.75, 3.05) is 11.4 Å². The van der Waals surface area contributed by atoms with Crippen LogP contribution in [0.3, 0.4) is 0 Å². The van der Waals surface area contributed by atoms with Crippen LogP contribution in [-0.4, -0.2) is 49.5 Å². The van der Waals surface area contributed by atoms with Gasteiger partial charge in [0.05, 0.1) is 30.6 Å². The van der Waals surface area contributed by atoms with Gasteiger partial charge < -0.3 is 20.1 Å². The van der Waals surface area contributed by atoms with Gasteiger partial charge in [0.2, 0.25) is 5.65 Å². The molecule has 5 rings (SSSR count). The Bertz CT molecular complexity index is 1110. The van der Waals surface area contributed by atoms with Crippen molar-refractivity contribution in [3.05, 3.63) is 48.3 Å². The number of hydrogen-bond donors (Lipinski definition) is 2. The zero-order valence-corrected chi connectivity index (χ0v) is 16.8. The number of carbonyl (C=O) groups is 1. The Labute approximate surface area is 177 Å². The first-order valence-electron chi connectivity index (χ1n) is 10.5. The second-order valence-electron chi connectivity index (χ2n) is 7.99. The van der Waals surface area contributed by atoms with E-state index in [0.29, 0.717) is 17.9 Å². The summed E-state index contributed by atoms with van der Waals surface area (Å²) in [4.78, 5) is 23.1. The number of halogens is 1. The van der Waals surface area contributed by atoms with Gasteiger partial charge in [-0.2, -0.15) is 5.10 Å². The minimum absolute atomic E-state index is 0.0300. The number of aromatic nitrogens is 4. The van der Waals surface area contributed by atoms with Crippen molar-refractivity contribution in [1.29, 1.82) is 0 Å². The molecule has 0 radical (unpaired) electrons. The molecule has 0 aromatic carbocycles. The molecule has 0 spiro atoms. The summed E-state index contributed by atoms with van der Waals surface area (Å²) in [6.07, 6.45) is 8.95. The number of rotatable bonds is 4. The van der Waals surface area contributed by atoms with Crippen LogP contribution in [0, 0.1) is 5.82 Å². The molecule has 1 saturated heterocycles. The highest BCUT2D eigenvalue weighted by Gasteiger charge is 2.29. The molecule has 31 heavy (non-hydrogen) atoms. The van der Waals surface area contributed by atoms with Gasteiger partial charge in [-0.05, 0) is 49.8 Å². The van der Waals surface area contributed by atoms with Crippen LogP contribution in [0.5, 0.6) is 5.75 Å². The number of hydrogen-bond acceptors (Lipinski definition) is 7. The molecule has 1 aliphatic heterocycles. The van der Waals surface area contributed by atoms with Gasteiger partial charge in [-0.15, -0.1) is 0 Å². The summed E-state index contributed by atoms with van der Waals surface area (Å²) in [5.41, 5.74) is 1.21. The van der Waals surface area contributed by atoms with E-state index in [1.54, 1.807) is 12.4 Å². The highest BCUT2D eigenvalue weighted by molar-refractivity contribution is 5.73. The zero-order valence-electron chi connectivity index (χ0n) is 16.8. The summed E-state index contributed by atoms with van der Waals surface area (Å²) >= 11 is 0. The molecule has 4 heterocycles. The number of nitrogens with zero attached hydrogens (tertiary/aromatic N) is 5. The number of nitrogens with one attached hydrogen (secondary N) is 1. The Morgan fingerprint density at radius 1 is 1.23 bits per heavy atom. The van der Waals surface area contributed by atoms with Crippen molar-refractivity contribution in [2.24, 2.45) is 0 Å². The van der Waals surface area contributed by atoms with Crippen molar-refractivity contribution in [1.82, 2.24) is 24.9 Å². The molecular weight excluding hydrogens is 403 g/mol. The fourth-order valence-corrected chi connectivity index (χ4v) is 4.46. The van der Waals surface area contributed by atoms with E-state index >= 15 is 0 Å². The van der Waals surface area contributed by atoms with Gasteiger partial charge in [0.15, 0.2) is 5.75 Å². The molecule has 0 unspecified atom stereocenters. The molecule has 1 saturated carbocycles. The Morgan fingerprint density at radius 2 is 2.13 bits per heavy atom. The van der Waals surface area contributed by atoms with E-state index in [2.05, 4.69) is 25.3 Å². The van der Waals surface area contributed by atoms with Crippen molar-refractivity contribution >= 4 is 17.6 Å². The molecule has 2 N–H and O–H groups in total. The number of pyridine rings is 1. The second-order valence-corrected chi connectivity index (χ2v) is 7.99. The monoisotopic (exact) mass is 426 g/mol. The SMILES string of the molecule is O=C(N[C@@H]1CCC[C@H]1O)Oc1cnn2ccc(N3CCC[C@@H]3c3cncc(F)c3)nc12. The molecule has 2 fully saturated rings. The van der Waals surface area contributed by atoms with E-state index in [9.17, 15) is 14.3 Å². The van der Waals surface area contributed by atoms with Crippen LogP contribution in [0.4, 0.5) is 15.0 Å². The maximum atomic E-state index is 13.7. The molecule has 162 valence electrons. The predicted molar refractivity (Wildman–Crippen MR) is 109 cm³/mol. The highest BCUT2D eigenvalue weighted by atomic mass is 19.1. The molecule has 0 bridgehead atoms. The van der Waals surface area contributed by atoms with Crippen LogP contribution in [0.2, 0.25) is 0 Å². The normalized spacial score (nSPS) is 23.4. The van der Waals surface area contributed by atoms with Gasteiger partial charge in [-0.3, -0.25) is 4.98 Å². The maximum Gasteiger partial charge on any atom is 0.413 e. The van der Waals surface area contributed by atoms with E-state index in [1.807, 2.05) is 6.07 Å². The first-order chi connectivity index (χ1) is 15.1. The Kier molecular flexibility index (Phi) is 5.14. The predicted octanol–water partition coefficient (Wildman–Crippen LogP) is 2.61. The zero-order chi connectivity index (χ0) is 21.4. The lowest BCUT2D eigenvalue weighted by atomic mass is 10.1. The molecule has 2 aliphatic rings.